The van der Waals surface area contributed by atoms with Crippen LogP contribution in [0, 0.1) is 6.92 Å². The number of carbonyl (C=O) groups is 1. The monoisotopic (exact) mass is 270 g/mol. The molecule has 0 fully saturated rings. The molecule has 0 radical (unpaired) electrons. The van der Waals surface area contributed by atoms with Gasteiger partial charge in [0.05, 0.1) is 0 Å². The Hall–Kier alpha value is -1.61. The van der Waals surface area contributed by atoms with Crippen molar-refractivity contribution in [3.05, 3.63) is 34.5 Å². The van der Waals surface area contributed by atoms with Crippen LogP contribution >= 0.6 is 0 Å². The van der Waals surface area contributed by atoms with Crippen LogP contribution in [-0.2, 0) is 19.6 Å². The van der Waals surface area contributed by atoms with E-state index in [0.29, 0.717) is 6.42 Å². The molecule has 3 nitrogen and oxygen atoms in total. The molecular formula is C17H22N2O. The second-order valence-electron chi connectivity index (χ2n) is 5.63. The highest BCUT2D eigenvalue weighted by atomic mass is 16.1. The topological polar surface area (TPSA) is 34.0 Å². The van der Waals surface area contributed by atoms with Gasteiger partial charge < -0.3 is 9.88 Å². The van der Waals surface area contributed by atoms with E-state index < -0.39 is 0 Å². The van der Waals surface area contributed by atoms with Gasteiger partial charge in [-0.25, -0.2) is 0 Å². The van der Waals surface area contributed by atoms with Crippen LogP contribution in [0.2, 0.25) is 0 Å². The maximum atomic E-state index is 12.3. The summed E-state index contributed by atoms with van der Waals surface area (Å²) in [6.45, 7) is 9.05. The lowest BCUT2D eigenvalue weighted by atomic mass is 10.0. The van der Waals surface area contributed by atoms with E-state index in [0.717, 1.165) is 42.7 Å². The van der Waals surface area contributed by atoms with E-state index >= 15 is 0 Å². The normalized spacial score (nSPS) is 13.9. The van der Waals surface area contributed by atoms with Gasteiger partial charge in [-0.2, -0.15) is 0 Å². The maximum Gasteiger partial charge on any atom is 0.165 e. The third kappa shape index (κ3) is 1.88. The molecule has 0 spiro atoms. The highest BCUT2D eigenvalue weighted by Gasteiger charge is 2.21. The second kappa shape index (κ2) is 5.06. The second-order valence-corrected chi connectivity index (χ2v) is 5.63. The standard InChI is InChI=1S/C17H22N2O/c1-4-6-19-11(3)17(16(20)5-2)14-7-12-9-18-10-13(12)8-15(14)19/h7-8,18H,4-6,9-10H2,1-3H3. The molecule has 3 heteroatoms. The summed E-state index contributed by atoms with van der Waals surface area (Å²) in [6, 6.07) is 4.51. The van der Waals surface area contributed by atoms with Gasteiger partial charge in [0.1, 0.15) is 0 Å². The molecule has 3 rings (SSSR count). The SMILES string of the molecule is CCCn1c(C)c(C(=O)CC)c2cc3c(cc21)CNC3. The first-order chi connectivity index (χ1) is 9.67. The third-order valence-corrected chi connectivity index (χ3v) is 4.32. The fraction of sp³-hybridized carbons (Fsp3) is 0.471. The largest absolute Gasteiger partial charge is 0.344 e. The van der Waals surface area contributed by atoms with Crippen LogP contribution in [0.1, 0.15) is 53.9 Å². The minimum atomic E-state index is 0.258. The lowest BCUT2D eigenvalue weighted by Gasteiger charge is -2.07. The van der Waals surface area contributed by atoms with Crippen molar-refractivity contribution in [3.63, 3.8) is 0 Å². The van der Waals surface area contributed by atoms with E-state index in [2.05, 4.69) is 35.9 Å². The molecule has 0 amide bonds. The number of aromatic nitrogens is 1. The Balaban J connectivity index is 2.32. The van der Waals surface area contributed by atoms with Gasteiger partial charge in [0.25, 0.3) is 0 Å². The molecule has 1 aliphatic rings. The molecular weight excluding hydrogens is 248 g/mol. The summed E-state index contributed by atoms with van der Waals surface area (Å²) in [6.07, 6.45) is 1.65. The lowest BCUT2D eigenvalue weighted by Crippen LogP contribution is -2.03. The number of hydrogen-bond donors (Lipinski definition) is 1. The summed E-state index contributed by atoms with van der Waals surface area (Å²) in [7, 11) is 0. The molecule has 2 heterocycles. The molecule has 0 saturated heterocycles. The first kappa shape index (κ1) is 13.4. The molecule has 0 unspecified atom stereocenters. The van der Waals surface area contributed by atoms with Gasteiger partial charge in [-0.3, -0.25) is 4.79 Å². The Kier molecular flexibility index (Phi) is 3.38. The highest BCUT2D eigenvalue weighted by molar-refractivity contribution is 6.09. The maximum absolute atomic E-state index is 12.3. The summed E-state index contributed by atoms with van der Waals surface area (Å²) in [5, 5.41) is 4.53. The molecule has 106 valence electrons. The summed E-state index contributed by atoms with van der Waals surface area (Å²) >= 11 is 0. The van der Waals surface area contributed by atoms with Crippen molar-refractivity contribution in [3.8, 4) is 0 Å². The first-order valence-corrected chi connectivity index (χ1v) is 7.55. The van der Waals surface area contributed by atoms with Crippen LogP contribution in [0.15, 0.2) is 12.1 Å². The number of rotatable bonds is 4. The molecule has 1 aromatic heterocycles. The summed E-state index contributed by atoms with van der Waals surface area (Å²) < 4.78 is 2.32. The predicted octanol–water partition coefficient (Wildman–Crippen LogP) is 3.56. The van der Waals surface area contributed by atoms with E-state index in [1.807, 2.05) is 6.92 Å². The Morgan fingerprint density at radius 1 is 1.25 bits per heavy atom. The van der Waals surface area contributed by atoms with Crippen LogP contribution in [0.3, 0.4) is 0 Å². The van der Waals surface area contributed by atoms with Crippen molar-refractivity contribution in [2.45, 2.75) is 53.2 Å². The average molecular weight is 270 g/mol. The van der Waals surface area contributed by atoms with Gasteiger partial charge in [-0.15, -0.1) is 0 Å². The molecule has 0 aliphatic carbocycles. The van der Waals surface area contributed by atoms with E-state index in [1.165, 1.54) is 16.6 Å². The minimum Gasteiger partial charge on any atom is -0.344 e. The number of fused-ring (bicyclic) bond motifs is 2. The number of Topliss-reactive ketones (excluding diaryl/α,β-unsaturated/α-hetero) is 1. The molecule has 20 heavy (non-hydrogen) atoms. The van der Waals surface area contributed by atoms with Gasteiger partial charge in [0.15, 0.2) is 5.78 Å². The number of carbonyl (C=O) groups excluding carboxylic acids is 1. The number of nitrogens with zero attached hydrogens (tertiary/aromatic N) is 1. The van der Waals surface area contributed by atoms with Crippen LogP contribution in [0.4, 0.5) is 0 Å². The van der Waals surface area contributed by atoms with Crippen LogP contribution in [0.25, 0.3) is 10.9 Å². The first-order valence-electron chi connectivity index (χ1n) is 7.55. The zero-order chi connectivity index (χ0) is 14.3. The average Bonchev–Trinajstić information content (AvgIpc) is 3.00. The zero-order valence-electron chi connectivity index (χ0n) is 12.5. The summed E-state index contributed by atoms with van der Waals surface area (Å²) in [5.41, 5.74) is 6.01. The molecule has 2 aromatic rings. The quantitative estimate of drug-likeness (QED) is 0.862. The highest BCUT2D eigenvalue weighted by Crippen LogP contribution is 2.31. The summed E-state index contributed by atoms with van der Waals surface area (Å²) in [4.78, 5) is 12.3. The van der Waals surface area contributed by atoms with E-state index in [-0.39, 0.29) is 5.78 Å². The number of aryl methyl sites for hydroxylation is 1. The number of nitrogens with one attached hydrogen (secondary N) is 1. The number of benzene rings is 1. The van der Waals surface area contributed by atoms with Gasteiger partial charge in [0.2, 0.25) is 0 Å². The lowest BCUT2D eigenvalue weighted by molar-refractivity contribution is 0.0989. The molecule has 0 saturated carbocycles. The van der Waals surface area contributed by atoms with Crippen molar-refractivity contribution in [1.29, 1.82) is 0 Å². The van der Waals surface area contributed by atoms with Crippen LogP contribution in [-0.4, -0.2) is 10.4 Å². The van der Waals surface area contributed by atoms with Crippen molar-refractivity contribution in [1.82, 2.24) is 9.88 Å². The van der Waals surface area contributed by atoms with Crippen LogP contribution < -0.4 is 5.32 Å². The molecule has 0 atom stereocenters. The van der Waals surface area contributed by atoms with Gasteiger partial charge in [-0.1, -0.05) is 13.8 Å². The van der Waals surface area contributed by atoms with Crippen LogP contribution in [0.5, 0.6) is 0 Å². The van der Waals surface area contributed by atoms with Crippen molar-refractivity contribution >= 4 is 16.7 Å². The Bertz CT molecular complexity index is 682. The van der Waals surface area contributed by atoms with Gasteiger partial charge in [0, 0.05) is 48.2 Å². The van der Waals surface area contributed by atoms with E-state index in [9.17, 15) is 4.79 Å². The van der Waals surface area contributed by atoms with Crippen molar-refractivity contribution < 1.29 is 4.79 Å². The van der Waals surface area contributed by atoms with E-state index in [4.69, 9.17) is 0 Å². The fourth-order valence-electron chi connectivity index (χ4n) is 3.31. The van der Waals surface area contributed by atoms with Gasteiger partial charge >= 0.3 is 0 Å². The van der Waals surface area contributed by atoms with Crippen molar-refractivity contribution in [2.75, 3.05) is 0 Å². The molecule has 1 N–H and O–H groups in total. The Morgan fingerprint density at radius 3 is 2.60 bits per heavy atom. The zero-order valence-corrected chi connectivity index (χ0v) is 12.5. The van der Waals surface area contributed by atoms with Gasteiger partial charge in [-0.05, 0) is 36.6 Å². The molecule has 1 aromatic carbocycles. The minimum absolute atomic E-state index is 0.258. The van der Waals surface area contributed by atoms with E-state index in [1.54, 1.807) is 0 Å². The fourth-order valence-corrected chi connectivity index (χ4v) is 3.31. The summed E-state index contributed by atoms with van der Waals surface area (Å²) in [5.74, 6) is 0.258. The smallest absolute Gasteiger partial charge is 0.165 e. The molecule has 0 bridgehead atoms. The van der Waals surface area contributed by atoms with Crippen molar-refractivity contribution in [2.24, 2.45) is 0 Å². The number of hydrogen-bond acceptors (Lipinski definition) is 2. The number of ketones is 1. The molecule has 1 aliphatic heterocycles. The third-order valence-electron chi connectivity index (χ3n) is 4.32. The predicted molar refractivity (Wildman–Crippen MR) is 82.1 cm³/mol. The Labute approximate surface area is 120 Å². The Morgan fingerprint density at radius 2 is 1.95 bits per heavy atom.